The maximum atomic E-state index is 9.89. The number of nitrogens with zero attached hydrogens (tertiary/aromatic N) is 1. The molecule has 0 spiro atoms. The Labute approximate surface area is 131 Å². The van der Waals surface area contributed by atoms with Crippen molar-refractivity contribution >= 4 is 0 Å². The molecule has 0 aromatic heterocycles. The number of quaternary nitrogens is 1. The minimum atomic E-state index is -0.379. The van der Waals surface area contributed by atoms with E-state index in [0.29, 0.717) is 0 Å². The molecule has 1 aromatic rings. The van der Waals surface area contributed by atoms with E-state index in [0.717, 1.165) is 16.6 Å². The number of rotatable bonds is 10. The summed E-state index contributed by atoms with van der Waals surface area (Å²) in [5.74, 6) is 0. The third-order valence-corrected chi connectivity index (χ3v) is 4.22. The van der Waals surface area contributed by atoms with E-state index in [1.165, 1.54) is 50.6 Å². The zero-order chi connectivity index (χ0) is 15.7. The molecule has 0 saturated heterocycles. The molecular formula is C19H34NO+. The average molecular weight is 292 g/mol. The van der Waals surface area contributed by atoms with Gasteiger partial charge in [-0.25, -0.2) is 0 Å². The van der Waals surface area contributed by atoms with Gasteiger partial charge in [0.15, 0.2) is 0 Å². The van der Waals surface area contributed by atoms with Gasteiger partial charge in [0, 0.05) is 5.56 Å². The predicted molar refractivity (Wildman–Crippen MR) is 91.1 cm³/mol. The van der Waals surface area contributed by atoms with Crippen LogP contribution in [0.2, 0.25) is 0 Å². The topological polar surface area (TPSA) is 20.2 Å². The van der Waals surface area contributed by atoms with Crippen LogP contribution in [0.3, 0.4) is 0 Å². The molecule has 0 saturated carbocycles. The van der Waals surface area contributed by atoms with Crippen LogP contribution in [0.1, 0.15) is 69.6 Å². The summed E-state index contributed by atoms with van der Waals surface area (Å²) in [4.78, 5) is 0. The molecule has 0 bridgehead atoms. The Morgan fingerprint density at radius 3 is 2.29 bits per heavy atom. The highest BCUT2D eigenvalue weighted by molar-refractivity contribution is 5.28. The van der Waals surface area contributed by atoms with E-state index in [1.807, 2.05) is 19.1 Å². The lowest BCUT2D eigenvalue weighted by molar-refractivity contribution is -0.903. The Morgan fingerprint density at radius 2 is 1.62 bits per heavy atom. The molecule has 2 nitrogen and oxygen atoms in total. The van der Waals surface area contributed by atoms with Gasteiger partial charge in [0.25, 0.3) is 0 Å². The molecule has 0 radical (unpaired) electrons. The van der Waals surface area contributed by atoms with E-state index < -0.39 is 0 Å². The van der Waals surface area contributed by atoms with Crippen LogP contribution < -0.4 is 0 Å². The van der Waals surface area contributed by atoms with Gasteiger partial charge in [0.05, 0.1) is 26.7 Å². The number of aliphatic hydroxyl groups is 1. The molecule has 1 N–H and O–H groups in total. The Balaban J connectivity index is 2.45. The summed E-state index contributed by atoms with van der Waals surface area (Å²) < 4.78 is 0.998. The highest BCUT2D eigenvalue weighted by Gasteiger charge is 2.18. The number of hydrogen-bond donors (Lipinski definition) is 1. The first-order chi connectivity index (χ1) is 9.96. The SMILES string of the molecule is CCCCCCCC[N+](C)(C)Cc1ccccc1C(C)O. The molecule has 1 rings (SSSR count). The lowest BCUT2D eigenvalue weighted by Gasteiger charge is -2.31. The van der Waals surface area contributed by atoms with Crippen molar-refractivity contribution in [1.29, 1.82) is 0 Å². The monoisotopic (exact) mass is 292 g/mol. The molecule has 0 amide bonds. The maximum Gasteiger partial charge on any atom is 0.104 e. The van der Waals surface area contributed by atoms with Crippen LogP contribution in [0, 0.1) is 0 Å². The molecule has 0 aliphatic rings. The van der Waals surface area contributed by atoms with Gasteiger partial charge in [-0.3, -0.25) is 0 Å². The second kappa shape index (κ2) is 9.22. The summed E-state index contributed by atoms with van der Waals surface area (Å²) in [6, 6.07) is 8.29. The van der Waals surface area contributed by atoms with Gasteiger partial charge < -0.3 is 9.59 Å². The fraction of sp³-hybridized carbons (Fsp3) is 0.684. The van der Waals surface area contributed by atoms with Crippen molar-refractivity contribution in [2.24, 2.45) is 0 Å². The maximum absolute atomic E-state index is 9.89. The lowest BCUT2D eigenvalue weighted by atomic mass is 10.0. The Bertz CT molecular complexity index is 398. The first-order valence-electron chi connectivity index (χ1n) is 8.54. The van der Waals surface area contributed by atoms with Crippen molar-refractivity contribution in [2.45, 2.75) is 65.0 Å². The highest BCUT2D eigenvalue weighted by atomic mass is 16.3. The Kier molecular flexibility index (Phi) is 7.98. The smallest absolute Gasteiger partial charge is 0.104 e. The zero-order valence-corrected chi connectivity index (χ0v) is 14.4. The van der Waals surface area contributed by atoms with E-state index in [-0.39, 0.29) is 6.10 Å². The van der Waals surface area contributed by atoms with Crippen LogP contribution in [0.25, 0.3) is 0 Å². The van der Waals surface area contributed by atoms with E-state index in [9.17, 15) is 5.11 Å². The molecule has 2 heteroatoms. The average Bonchev–Trinajstić information content (AvgIpc) is 2.42. The summed E-state index contributed by atoms with van der Waals surface area (Å²) in [5, 5.41) is 9.89. The molecule has 0 heterocycles. The molecule has 0 aliphatic heterocycles. The lowest BCUT2D eigenvalue weighted by Crippen LogP contribution is -2.39. The fourth-order valence-corrected chi connectivity index (χ4v) is 2.95. The van der Waals surface area contributed by atoms with E-state index in [1.54, 1.807) is 0 Å². The predicted octanol–water partition coefficient (Wildman–Crippen LogP) is 4.68. The van der Waals surface area contributed by atoms with Crippen molar-refractivity contribution in [3.8, 4) is 0 Å². The Morgan fingerprint density at radius 1 is 1.00 bits per heavy atom. The van der Waals surface area contributed by atoms with Gasteiger partial charge in [0.2, 0.25) is 0 Å². The van der Waals surface area contributed by atoms with Gasteiger partial charge in [-0.2, -0.15) is 0 Å². The standard InChI is InChI=1S/C19H34NO/c1-5-6-7-8-9-12-15-20(3,4)16-18-13-10-11-14-19(18)17(2)21/h10-11,13-14,17,21H,5-9,12,15-16H2,1-4H3/q+1. The van der Waals surface area contributed by atoms with Crippen LogP contribution >= 0.6 is 0 Å². The quantitative estimate of drug-likeness (QED) is 0.490. The van der Waals surface area contributed by atoms with Crippen molar-refractivity contribution in [2.75, 3.05) is 20.6 Å². The van der Waals surface area contributed by atoms with E-state index >= 15 is 0 Å². The summed E-state index contributed by atoms with van der Waals surface area (Å²) in [6.45, 7) is 6.32. The van der Waals surface area contributed by atoms with Crippen LogP contribution in [-0.2, 0) is 6.54 Å². The second-order valence-electron chi connectivity index (χ2n) is 6.96. The third-order valence-electron chi connectivity index (χ3n) is 4.22. The number of aliphatic hydroxyl groups excluding tert-OH is 1. The molecular weight excluding hydrogens is 258 g/mol. The molecule has 1 aromatic carbocycles. The number of hydrogen-bond acceptors (Lipinski definition) is 1. The van der Waals surface area contributed by atoms with Gasteiger partial charge in [-0.1, -0.05) is 56.9 Å². The fourth-order valence-electron chi connectivity index (χ4n) is 2.95. The number of unbranched alkanes of at least 4 members (excludes halogenated alkanes) is 5. The van der Waals surface area contributed by atoms with Crippen molar-refractivity contribution < 1.29 is 9.59 Å². The number of benzene rings is 1. The summed E-state index contributed by atoms with van der Waals surface area (Å²) in [7, 11) is 4.59. The molecule has 1 atom stereocenters. The Hall–Kier alpha value is -0.860. The summed E-state index contributed by atoms with van der Waals surface area (Å²) in [6.07, 6.45) is 7.72. The summed E-state index contributed by atoms with van der Waals surface area (Å²) in [5.41, 5.74) is 2.36. The van der Waals surface area contributed by atoms with E-state index in [4.69, 9.17) is 0 Å². The summed E-state index contributed by atoms with van der Waals surface area (Å²) >= 11 is 0. The van der Waals surface area contributed by atoms with Gasteiger partial charge >= 0.3 is 0 Å². The normalized spacial score (nSPS) is 13.4. The minimum absolute atomic E-state index is 0.379. The molecule has 0 aliphatic carbocycles. The third kappa shape index (κ3) is 7.10. The molecule has 1 unspecified atom stereocenters. The molecule has 21 heavy (non-hydrogen) atoms. The highest BCUT2D eigenvalue weighted by Crippen LogP contribution is 2.21. The zero-order valence-electron chi connectivity index (χ0n) is 14.4. The molecule has 120 valence electrons. The van der Waals surface area contributed by atoms with Gasteiger partial charge in [-0.15, -0.1) is 0 Å². The van der Waals surface area contributed by atoms with Gasteiger partial charge in [-0.05, 0) is 25.3 Å². The van der Waals surface area contributed by atoms with Crippen LogP contribution in [0.5, 0.6) is 0 Å². The minimum Gasteiger partial charge on any atom is -0.389 e. The first-order valence-corrected chi connectivity index (χ1v) is 8.54. The largest absolute Gasteiger partial charge is 0.389 e. The van der Waals surface area contributed by atoms with Gasteiger partial charge in [0.1, 0.15) is 6.54 Å². The van der Waals surface area contributed by atoms with Crippen LogP contribution in [-0.4, -0.2) is 30.2 Å². The van der Waals surface area contributed by atoms with E-state index in [2.05, 4.69) is 33.2 Å². The first kappa shape index (κ1) is 18.2. The van der Waals surface area contributed by atoms with Crippen molar-refractivity contribution in [1.82, 2.24) is 0 Å². The molecule has 0 fully saturated rings. The van der Waals surface area contributed by atoms with Crippen molar-refractivity contribution in [3.05, 3.63) is 35.4 Å². The van der Waals surface area contributed by atoms with Crippen LogP contribution in [0.4, 0.5) is 0 Å². The second-order valence-corrected chi connectivity index (χ2v) is 6.96. The van der Waals surface area contributed by atoms with Crippen molar-refractivity contribution in [3.63, 3.8) is 0 Å². The van der Waals surface area contributed by atoms with Crippen LogP contribution in [0.15, 0.2) is 24.3 Å².